The predicted molar refractivity (Wildman–Crippen MR) is 164 cm³/mol. The molecule has 0 aliphatic heterocycles. The minimum Gasteiger partial charge on any atom is -0.497 e. The Labute approximate surface area is 245 Å². The van der Waals surface area contributed by atoms with E-state index >= 15 is 0 Å². The van der Waals surface area contributed by atoms with Gasteiger partial charge in [0.15, 0.2) is 6.29 Å². The molecule has 0 aliphatic carbocycles. The van der Waals surface area contributed by atoms with Crippen molar-refractivity contribution in [2.45, 2.75) is 77.9 Å². The van der Waals surface area contributed by atoms with Crippen LogP contribution in [0.1, 0.15) is 82.0 Å². The molecule has 3 aromatic carbocycles. The Morgan fingerprint density at radius 2 is 1.10 bits per heavy atom. The largest absolute Gasteiger partial charge is 0.497 e. The zero-order valence-electron chi connectivity index (χ0n) is 24.9. The Bertz CT molecular complexity index is 1100. The molecule has 0 N–H and O–H groups in total. The summed E-state index contributed by atoms with van der Waals surface area (Å²) in [4.78, 5) is 12.5. The average Bonchev–Trinajstić information content (AvgIpc) is 3.01. The molecule has 0 aromatic heterocycles. The fourth-order valence-electron chi connectivity index (χ4n) is 4.60. The van der Waals surface area contributed by atoms with Crippen LogP contribution in [0.15, 0.2) is 72.8 Å². The third kappa shape index (κ3) is 12.0. The predicted octanol–water partition coefficient (Wildman–Crippen LogP) is 8.87. The second-order valence-corrected chi connectivity index (χ2v) is 9.97. The van der Waals surface area contributed by atoms with Crippen molar-refractivity contribution in [3.63, 3.8) is 0 Å². The van der Waals surface area contributed by atoms with Gasteiger partial charge in [-0.1, -0.05) is 62.8 Å². The number of esters is 1. The van der Waals surface area contributed by atoms with Crippen LogP contribution in [0.5, 0.6) is 17.2 Å². The molecule has 0 saturated heterocycles. The first-order valence-electron chi connectivity index (χ1n) is 15.1. The van der Waals surface area contributed by atoms with E-state index in [9.17, 15) is 4.79 Å². The highest BCUT2D eigenvalue weighted by Crippen LogP contribution is 2.24. The molecule has 0 bridgehead atoms. The van der Waals surface area contributed by atoms with E-state index in [4.69, 9.17) is 23.7 Å². The topological polar surface area (TPSA) is 63.2 Å². The van der Waals surface area contributed by atoms with Crippen molar-refractivity contribution in [1.29, 1.82) is 0 Å². The second-order valence-electron chi connectivity index (χ2n) is 9.97. The Balaban J connectivity index is 1.27. The van der Waals surface area contributed by atoms with Crippen LogP contribution in [0.2, 0.25) is 0 Å². The van der Waals surface area contributed by atoms with Crippen molar-refractivity contribution in [2.75, 3.05) is 26.9 Å². The molecule has 0 radical (unpaired) electrons. The summed E-state index contributed by atoms with van der Waals surface area (Å²) < 4.78 is 27.7. The lowest BCUT2D eigenvalue weighted by molar-refractivity contribution is -0.140. The summed E-state index contributed by atoms with van der Waals surface area (Å²) in [6.07, 6.45) is 10.8. The van der Waals surface area contributed by atoms with E-state index < -0.39 is 5.97 Å². The maximum atomic E-state index is 12.5. The third-order valence-electron chi connectivity index (χ3n) is 6.89. The third-order valence-corrected chi connectivity index (χ3v) is 6.89. The molecule has 41 heavy (non-hydrogen) atoms. The molecule has 0 spiro atoms. The number of carbonyl (C=O) groups is 1. The quantitative estimate of drug-likeness (QED) is 0.0593. The summed E-state index contributed by atoms with van der Waals surface area (Å²) in [5.41, 5.74) is 2.59. The van der Waals surface area contributed by atoms with Gasteiger partial charge in [-0.25, -0.2) is 4.79 Å². The van der Waals surface area contributed by atoms with Crippen molar-refractivity contribution in [3.8, 4) is 28.4 Å². The number of unbranched alkanes of at least 4 members (excludes halogenated alkanes) is 7. The number of hydrogen-bond acceptors (Lipinski definition) is 6. The highest BCUT2D eigenvalue weighted by atomic mass is 16.7. The zero-order valence-corrected chi connectivity index (χ0v) is 24.9. The SMILES string of the molecule is CCOC(CCCCCCCCCCOc1ccc(-c2ccc(C(=O)Oc3ccc(OC)cc3)cc2)cc1)OCC. The van der Waals surface area contributed by atoms with Gasteiger partial charge in [-0.05, 0) is 92.8 Å². The van der Waals surface area contributed by atoms with Gasteiger partial charge in [0.2, 0.25) is 0 Å². The number of benzene rings is 3. The molecule has 222 valence electrons. The fourth-order valence-corrected chi connectivity index (χ4v) is 4.60. The smallest absolute Gasteiger partial charge is 0.343 e. The molecule has 0 atom stereocenters. The molecule has 0 fully saturated rings. The highest BCUT2D eigenvalue weighted by Gasteiger charge is 2.10. The number of rotatable bonds is 20. The van der Waals surface area contributed by atoms with Crippen molar-refractivity contribution >= 4 is 5.97 Å². The van der Waals surface area contributed by atoms with Gasteiger partial charge in [-0.3, -0.25) is 0 Å². The van der Waals surface area contributed by atoms with E-state index in [1.165, 1.54) is 44.9 Å². The number of carbonyl (C=O) groups excluding carboxylic acids is 1. The molecule has 6 heteroatoms. The van der Waals surface area contributed by atoms with E-state index in [0.717, 1.165) is 36.3 Å². The molecule has 0 aliphatic rings. The maximum Gasteiger partial charge on any atom is 0.343 e. The van der Waals surface area contributed by atoms with Crippen LogP contribution < -0.4 is 14.2 Å². The Kier molecular flexibility index (Phi) is 14.8. The monoisotopic (exact) mass is 562 g/mol. The van der Waals surface area contributed by atoms with Crippen LogP contribution >= 0.6 is 0 Å². The molecule has 3 aromatic rings. The second kappa shape index (κ2) is 18.9. The number of hydrogen-bond donors (Lipinski definition) is 0. The van der Waals surface area contributed by atoms with Crippen LogP contribution in [0.4, 0.5) is 0 Å². The van der Waals surface area contributed by atoms with Crippen LogP contribution in [0.3, 0.4) is 0 Å². The van der Waals surface area contributed by atoms with E-state index in [1.54, 1.807) is 43.5 Å². The summed E-state index contributed by atoms with van der Waals surface area (Å²) >= 11 is 0. The van der Waals surface area contributed by atoms with E-state index in [2.05, 4.69) is 0 Å². The van der Waals surface area contributed by atoms with Gasteiger partial charge in [-0.2, -0.15) is 0 Å². The van der Waals surface area contributed by atoms with Gasteiger partial charge >= 0.3 is 5.97 Å². The maximum absolute atomic E-state index is 12.5. The van der Waals surface area contributed by atoms with Gasteiger partial charge in [0, 0.05) is 13.2 Å². The van der Waals surface area contributed by atoms with E-state index in [0.29, 0.717) is 30.3 Å². The Morgan fingerprint density at radius 1 is 0.610 bits per heavy atom. The summed E-state index contributed by atoms with van der Waals surface area (Å²) in [6.45, 7) is 6.19. The van der Waals surface area contributed by atoms with Crippen LogP contribution in [0, 0.1) is 0 Å². The molecular formula is C35H46O6. The lowest BCUT2D eigenvalue weighted by Gasteiger charge is -2.16. The molecular weight excluding hydrogens is 516 g/mol. The van der Waals surface area contributed by atoms with E-state index in [-0.39, 0.29) is 6.29 Å². The Morgan fingerprint density at radius 3 is 1.66 bits per heavy atom. The molecule has 3 rings (SSSR count). The van der Waals surface area contributed by atoms with Gasteiger partial charge in [0.05, 0.1) is 19.3 Å². The summed E-state index contributed by atoms with van der Waals surface area (Å²) in [5, 5.41) is 0. The van der Waals surface area contributed by atoms with Crippen molar-refractivity contribution in [1.82, 2.24) is 0 Å². The van der Waals surface area contributed by atoms with Gasteiger partial charge in [0.1, 0.15) is 17.2 Å². The zero-order chi connectivity index (χ0) is 29.1. The van der Waals surface area contributed by atoms with Crippen molar-refractivity contribution < 1.29 is 28.5 Å². The molecule has 6 nitrogen and oxygen atoms in total. The average molecular weight is 563 g/mol. The van der Waals surface area contributed by atoms with Crippen LogP contribution in [0.25, 0.3) is 11.1 Å². The Hall–Kier alpha value is -3.35. The van der Waals surface area contributed by atoms with Crippen LogP contribution in [-0.2, 0) is 9.47 Å². The first kappa shape index (κ1) is 32.2. The van der Waals surface area contributed by atoms with Crippen LogP contribution in [-0.4, -0.2) is 39.2 Å². The minimum atomic E-state index is -0.394. The summed E-state index contributed by atoms with van der Waals surface area (Å²) in [6, 6.07) is 22.5. The fraction of sp³-hybridized carbons (Fsp3) is 0.457. The van der Waals surface area contributed by atoms with Gasteiger partial charge in [0.25, 0.3) is 0 Å². The van der Waals surface area contributed by atoms with Crippen molar-refractivity contribution in [3.05, 3.63) is 78.4 Å². The van der Waals surface area contributed by atoms with E-state index in [1.807, 2.05) is 50.2 Å². The molecule has 0 saturated carbocycles. The minimum absolute atomic E-state index is 0.0306. The molecule has 0 heterocycles. The van der Waals surface area contributed by atoms with Gasteiger partial charge < -0.3 is 23.7 Å². The summed E-state index contributed by atoms with van der Waals surface area (Å²) in [7, 11) is 1.60. The normalized spacial score (nSPS) is 11.0. The number of ether oxygens (including phenoxy) is 5. The first-order valence-corrected chi connectivity index (χ1v) is 15.1. The standard InChI is InChI=1S/C35H46O6/c1-4-38-34(39-5-2)14-12-10-8-6-7-9-11-13-27-40-32-21-19-29(20-22-32)28-15-17-30(18-16-28)35(36)41-33-25-23-31(37-3)24-26-33/h15-26,34H,4-14,27H2,1-3H3. The first-order chi connectivity index (χ1) is 20.1. The number of methoxy groups -OCH3 is 1. The molecule has 0 amide bonds. The lowest BCUT2D eigenvalue weighted by Crippen LogP contribution is -2.17. The lowest BCUT2D eigenvalue weighted by atomic mass is 10.0. The molecule has 0 unspecified atom stereocenters. The van der Waals surface area contributed by atoms with Gasteiger partial charge in [-0.15, -0.1) is 0 Å². The highest BCUT2D eigenvalue weighted by molar-refractivity contribution is 5.91. The summed E-state index contributed by atoms with van der Waals surface area (Å²) in [5.74, 6) is 1.68. The van der Waals surface area contributed by atoms with Crippen molar-refractivity contribution in [2.24, 2.45) is 0 Å².